The first-order valence-corrected chi connectivity index (χ1v) is 8.36. The molecule has 2 unspecified atom stereocenters. The number of carbonyl (C=O) groups excluding carboxylic acids is 1. The number of carbonyl (C=O) groups is 2. The quantitative estimate of drug-likeness (QED) is 0.739. The lowest BCUT2D eigenvalue weighted by Crippen LogP contribution is -2.48. The Kier molecular flexibility index (Phi) is 7.06. The smallest absolute Gasteiger partial charge is 0.326 e. The Labute approximate surface area is 147 Å². The maximum atomic E-state index is 12.2. The fourth-order valence-corrected chi connectivity index (χ4v) is 2.95. The van der Waals surface area contributed by atoms with E-state index in [4.69, 9.17) is 14.2 Å². The van der Waals surface area contributed by atoms with E-state index in [0.29, 0.717) is 31.1 Å². The minimum Gasteiger partial charge on any atom is -0.493 e. The second-order valence-electron chi connectivity index (χ2n) is 6.05. The van der Waals surface area contributed by atoms with Crippen molar-refractivity contribution in [1.29, 1.82) is 0 Å². The first-order valence-electron chi connectivity index (χ1n) is 8.36. The molecule has 1 heterocycles. The van der Waals surface area contributed by atoms with Gasteiger partial charge in [0.05, 0.1) is 20.8 Å². The van der Waals surface area contributed by atoms with Crippen LogP contribution in [0.5, 0.6) is 11.5 Å². The summed E-state index contributed by atoms with van der Waals surface area (Å²) in [6.45, 7) is 1.02. The van der Waals surface area contributed by atoms with Crippen LogP contribution in [-0.4, -0.2) is 50.5 Å². The summed E-state index contributed by atoms with van der Waals surface area (Å²) < 4.78 is 15.8. The Bertz CT molecular complexity index is 597. The molecule has 0 saturated carbocycles. The maximum absolute atomic E-state index is 12.2. The summed E-state index contributed by atoms with van der Waals surface area (Å²) in [4.78, 5) is 23.6. The van der Waals surface area contributed by atoms with Gasteiger partial charge >= 0.3 is 5.97 Å². The normalized spacial score (nSPS) is 18.2. The van der Waals surface area contributed by atoms with Gasteiger partial charge in [0, 0.05) is 18.9 Å². The van der Waals surface area contributed by atoms with Crippen molar-refractivity contribution >= 4 is 11.9 Å². The number of hydrogen-bond acceptors (Lipinski definition) is 5. The molecule has 0 aromatic heterocycles. The van der Waals surface area contributed by atoms with E-state index < -0.39 is 12.0 Å². The van der Waals surface area contributed by atoms with Gasteiger partial charge in [0.15, 0.2) is 11.5 Å². The molecule has 1 aromatic carbocycles. The standard InChI is InChI=1S/C18H25NO6/c1-23-14-7-5-12(10-15(14)24-2)6-8-16(20)19-17(18(21)22)13-4-3-9-25-11-13/h5,7,10,13,17H,3-4,6,8-9,11H2,1-2H3,(H,19,20)(H,21,22). The van der Waals surface area contributed by atoms with Gasteiger partial charge in [-0.1, -0.05) is 6.07 Å². The van der Waals surface area contributed by atoms with E-state index >= 15 is 0 Å². The maximum Gasteiger partial charge on any atom is 0.326 e. The number of ether oxygens (including phenoxy) is 3. The molecule has 1 saturated heterocycles. The minimum absolute atomic E-state index is 0.184. The van der Waals surface area contributed by atoms with Gasteiger partial charge < -0.3 is 24.6 Å². The summed E-state index contributed by atoms with van der Waals surface area (Å²) in [5.74, 6) is -0.263. The van der Waals surface area contributed by atoms with Crippen molar-refractivity contribution in [3.8, 4) is 11.5 Å². The number of carboxylic acids is 1. The second-order valence-corrected chi connectivity index (χ2v) is 6.05. The zero-order valence-electron chi connectivity index (χ0n) is 14.6. The summed E-state index contributed by atoms with van der Waals surface area (Å²) in [6.07, 6.45) is 2.25. The number of hydrogen-bond donors (Lipinski definition) is 2. The molecule has 25 heavy (non-hydrogen) atoms. The molecule has 0 radical (unpaired) electrons. The third-order valence-electron chi connectivity index (χ3n) is 4.34. The summed E-state index contributed by atoms with van der Waals surface area (Å²) in [6, 6.07) is 4.55. The minimum atomic E-state index is -1.02. The zero-order valence-corrected chi connectivity index (χ0v) is 14.6. The van der Waals surface area contributed by atoms with Crippen molar-refractivity contribution in [1.82, 2.24) is 5.32 Å². The monoisotopic (exact) mass is 351 g/mol. The highest BCUT2D eigenvalue weighted by Gasteiger charge is 2.31. The van der Waals surface area contributed by atoms with Gasteiger partial charge in [-0.3, -0.25) is 4.79 Å². The average molecular weight is 351 g/mol. The van der Waals surface area contributed by atoms with Crippen LogP contribution < -0.4 is 14.8 Å². The van der Waals surface area contributed by atoms with E-state index in [0.717, 1.165) is 18.4 Å². The number of aliphatic carboxylic acids is 1. The van der Waals surface area contributed by atoms with Gasteiger partial charge in [-0.25, -0.2) is 4.79 Å². The molecule has 0 aliphatic carbocycles. The number of aryl methyl sites for hydroxylation is 1. The summed E-state index contributed by atoms with van der Waals surface area (Å²) in [7, 11) is 3.12. The topological polar surface area (TPSA) is 94.1 Å². The van der Waals surface area contributed by atoms with Crippen LogP contribution in [0, 0.1) is 5.92 Å². The van der Waals surface area contributed by atoms with Crippen LogP contribution in [0.25, 0.3) is 0 Å². The highest BCUT2D eigenvalue weighted by molar-refractivity contribution is 5.83. The van der Waals surface area contributed by atoms with Crippen molar-refractivity contribution in [3.05, 3.63) is 23.8 Å². The van der Waals surface area contributed by atoms with Crippen LogP contribution in [0.4, 0.5) is 0 Å². The van der Waals surface area contributed by atoms with Gasteiger partial charge in [0.1, 0.15) is 6.04 Å². The molecule has 1 aliphatic rings. The molecule has 1 aliphatic heterocycles. The van der Waals surface area contributed by atoms with Crippen LogP contribution in [0.2, 0.25) is 0 Å². The van der Waals surface area contributed by atoms with Gasteiger partial charge in [-0.15, -0.1) is 0 Å². The molecular weight excluding hydrogens is 326 g/mol. The highest BCUT2D eigenvalue weighted by Crippen LogP contribution is 2.28. The summed E-state index contributed by atoms with van der Waals surface area (Å²) in [5, 5.41) is 12.0. The molecule has 2 N–H and O–H groups in total. The molecule has 2 atom stereocenters. The van der Waals surface area contributed by atoms with Crippen LogP contribution in [-0.2, 0) is 20.7 Å². The molecule has 2 rings (SSSR count). The van der Waals surface area contributed by atoms with Crippen molar-refractivity contribution in [2.75, 3.05) is 27.4 Å². The largest absolute Gasteiger partial charge is 0.493 e. The van der Waals surface area contributed by atoms with E-state index in [-0.39, 0.29) is 18.2 Å². The van der Waals surface area contributed by atoms with E-state index in [1.54, 1.807) is 20.3 Å². The van der Waals surface area contributed by atoms with Crippen molar-refractivity contribution < 1.29 is 28.9 Å². The number of rotatable bonds is 8. The molecule has 138 valence electrons. The van der Waals surface area contributed by atoms with Crippen molar-refractivity contribution in [2.24, 2.45) is 5.92 Å². The van der Waals surface area contributed by atoms with E-state index in [1.807, 2.05) is 12.1 Å². The Hall–Kier alpha value is -2.28. The fraction of sp³-hybridized carbons (Fsp3) is 0.556. The Morgan fingerprint density at radius 3 is 2.68 bits per heavy atom. The zero-order chi connectivity index (χ0) is 18.2. The van der Waals surface area contributed by atoms with E-state index in [2.05, 4.69) is 5.32 Å². The highest BCUT2D eigenvalue weighted by atomic mass is 16.5. The number of methoxy groups -OCH3 is 2. The van der Waals surface area contributed by atoms with Gasteiger partial charge in [-0.05, 0) is 37.0 Å². The molecule has 1 aromatic rings. The Morgan fingerprint density at radius 2 is 2.08 bits per heavy atom. The number of benzene rings is 1. The van der Waals surface area contributed by atoms with Gasteiger partial charge in [0.25, 0.3) is 0 Å². The molecule has 7 nitrogen and oxygen atoms in total. The van der Waals surface area contributed by atoms with Gasteiger partial charge in [-0.2, -0.15) is 0 Å². The van der Waals surface area contributed by atoms with E-state index in [1.165, 1.54) is 0 Å². The first-order chi connectivity index (χ1) is 12.0. The fourth-order valence-electron chi connectivity index (χ4n) is 2.95. The van der Waals surface area contributed by atoms with Crippen LogP contribution in [0.3, 0.4) is 0 Å². The predicted octanol–water partition coefficient (Wildman–Crippen LogP) is 1.63. The molecule has 7 heteroatoms. The van der Waals surface area contributed by atoms with E-state index in [9.17, 15) is 14.7 Å². The van der Waals surface area contributed by atoms with Crippen LogP contribution in [0.1, 0.15) is 24.8 Å². The molecule has 1 fully saturated rings. The summed E-state index contributed by atoms with van der Waals surface area (Å²) >= 11 is 0. The second kappa shape index (κ2) is 9.27. The van der Waals surface area contributed by atoms with Crippen molar-refractivity contribution in [2.45, 2.75) is 31.7 Å². The lowest BCUT2D eigenvalue weighted by atomic mass is 9.93. The molecular formula is C18H25NO6. The van der Waals surface area contributed by atoms with Crippen LogP contribution >= 0.6 is 0 Å². The summed E-state index contributed by atoms with van der Waals surface area (Å²) in [5.41, 5.74) is 0.917. The third-order valence-corrected chi connectivity index (χ3v) is 4.34. The SMILES string of the molecule is COc1ccc(CCC(=O)NC(C(=O)O)C2CCCOC2)cc1OC. The third kappa shape index (κ3) is 5.35. The predicted molar refractivity (Wildman–Crippen MR) is 91.0 cm³/mol. The van der Waals surface area contributed by atoms with Crippen molar-refractivity contribution in [3.63, 3.8) is 0 Å². The molecule has 1 amide bonds. The lowest BCUT2D eigenvalue weighted by Gasteiger charge is -2.28. The number of nitrogens with one attached hydrogen (secondary N) is 1. The number of amides is 1. The van der Waals surface area contributed by atoms with Crippen LogP contribution in [0.15, 0.2) is 18.2 Å². The first kappa shape index (κ1) is 19.1. The lowest BCUT2D eigenvalue weighted by molar-refractivity contribution is -0.145. The van der Waals surface area contributed by atoms with Gasteiger partial charge in [0.2, 0.25) is 5.91 Å². The Balaban J connectivity index is 1.91. The number of carboxylic acid groups (broad SMARTS) is 1. The average Bonchev–Trinajstić information content (AvgIpc) is 2.64. The molecule has 0 spiro atoms. The molecule has 0 bridgehead atoms. The Morgan fingerprint density at radius 1 is 1.32 bits per heavy atom.